The Hall–Kier alpha value is -1.95. The topological polar surface area (TPSA) is 78.8 Å². The zero-order valence-corrected chi connectivity index (χ0v) is 11.8. The zero-order chi connectivity index (χ0) is 14.1. The maximum absolute atomic E-state index is 5.87. The van der Waals surface area contributed by atoms with Crippen molar-refractivity contribution in [3.05, 3.63) is 23.8 Å². The van der Waals surface area contributed by atoms with Crippen molar-refractivity contribution in [2.24, 2.45) is 0 Å². The van der Waals surface area contributed by atoms with Crippen LogP contribution in [0.3, 0.4) is 0 Å². The standard InChI is InChI=1S/C14H19N5O/c1-9-7-11(3-4-13(9)15)14-16-17-18-19(14)12-5-6-20-10(2)8-12/h3-4,7,10,12H,5-6,8,15H2,1-2H3. The zero-order valence-electron chi connectivity index (χ0n) is 11.8. The first-order valence-corrected chi connectivity index (χ1v) is 6.91. The minimum Gasteiger partial charge on any atom is -0.399 e. The molecular weight excluding hydrogens is 254 g/mol. The first-order chi connectivity index (χ1) is 9.65. The fourth-order valence-corrected chi connectivity index (χ4v) is 2.64. The van der Waals surface area contributed by atoms with E-state index < -0.39 is 0 Å². The van der Waals surface area contributed by atoms with Gasteiger partial charge in [0.25, 0.3) is 0 Å². The van der Waals surface area contributed by atoms with Gasteiger partial charge in [-0.05, 0) is 60.9 Å². The third-order valence-corrected chi connectivity index (χ3v) is 3.82. The van der Waals surface area contributed by atoms with E-state index >= 15 is 0 Å². The van der Waals surface area contributed by atoms with Crippen molar-refractivity contribution in [2.75, 3.05) is 12.3 Å². The molecular formula is C14H19N5O. The number of aromatic nitrogens is 4. The molecule has 2 N–H and O–H groups in total. The molecule has 1 saturated heterocycles. The van der Waals surface area contributed by atoms with Gasteiger partial charge in [-0.1, -0.05) is 0 Å². The van der Waals surface area contributed by atoms with E-state index in [1.165, 1.54) is 0 Å². The van der Waals surface area contributed by atoms with Crippen molar-refractivity contribution in [3.63, 3.8) is 0 Å². The molecule has 2 aromatic rings. The summed E-state index contributed by atoms with van der Waals surface area (Å²) in [5, 5.41) is 12.2. The lowest BCUT2D eigenvalue weighted by Gasteiger charge is -2.27. The number of nitrogens with zero attached hydrogens (tertiary/aromatic N) is 4. The van der Waals surface area contributed by atoms with E-state index in [-0.39, 0.29) is 6.10 Å². The van der Waals surface area contributed by atoms with E-state index in [0.29, 0.717) is 6.04 Å². The molecule has 6 nitrogen and oxygen atoms in total. The average Bonchev–Trinajstić information content (AvgIpc) is 2.91. The summed E-state index contributed by atoms with van der Waals surface area (Å²) in [5.74, 6) is 0.798. The van der Waals surface area contributed by atoms with Crippen LogP contribution in [0.25, 0.3) is 11.4 Å². The van der Waals surface area contributed by atoms with E-state index in [2.05, 4.69) is 22.4 Å². The molecule has 1 aliphatic heterocycles. The van der Waals surface area contributed by atoms with E-state index in [9.17, 15) is 0 Å². The Morgan fingerprint density at radius 2 is 2.25 bits per heavy atom. The molecule has 1 aliphatic rings. The third kappa shape index (κ3) is 2.38. The van der Waals surface area contributed by atoms with Gasteiger partial charge in [-0.2, -0.15) is 0 Å². The van der Waals surface area contributed by atoms with Crippen LogP contribution in [0.15, 0.2) is 18.2 Å². The normalized spacial score (nSPS) is 22.9. The Labute approximate surface area is 117 Å². The highest BCUT2D eigenvalue weighted by Crippen LogP contribution is 2.29. The summed E-state index contributed by atoms with van der Waals surface area (Å²) in [6.45, 7) is 4.83. The molecule has 2 unspecified atom stereocenters. The lowest BCUT2D eigenvalue weighted by Crippen LogP contribution is -2.26. The summed E-state index contributed by atoms with van der Waals surface area (Å²) in [4.78, 5) is 0. The van der Waals surface area contributed by atoms with Crippen LogP contribution >= 0.6 is 0 Å². The molecule has 2 heterocycles. The number of nitrogen functional groups attached to an aromatic ring is 1. The fourth-order valence-electron chi connectivity index (χ4n) is 2.64. The maximum atomic E-state index is 5.87. The summed E-state index contributed by atoms with van der Waals surface area (Å²) in [6, 6.07) is 6.19. The van der Waals surface area contributed by atoms with Gasteiger partial charge in [-0.25, -0.2) is 4.68 Å². The van der Waals surface area contributed by atoms with Gasteiger partial charge in [0.05, 0.1) is 12.1 Å². The molecule has 0 bridgehead atoms. The Morgan fingerprint density at radius 1 is 1.40 bits per heavy atom. The van der Waals surface area contributed by atoms with E-state index in [1.807, 2.05) is 29.8 Å². The first kappa shape index (κ1) is 13.1. The number of rotatable bonds is 2. The highest BCUT2D eigenvalue weighted by Gasteiger charge is 2.24. The molecule has 6 heteroatoms. The van der Waals surface area contributed by atoms with Crippen LogP contribution in [-0.4, -0.2) is 32.9 Å². The molecule has 106 valence electrons. The van der Waals surface area contributed by atoms with Gasteiger partial charge in [0.15, 0.2) is 5.82 Å². The lowest BCUT2D eigenvalue weighted by molar-refractivity contribution is 0.00350. The highest BCUT2D eigenvalue weighted by molar-refractivity contribution is 5.61. The second-order valence-electron chi connectivity index (χ2n) is 5.38. The molecule has 3 rings (SSSR count). The van der Waals surface area contributed by atoms with Crippen molar-refractivity contribution >= 4 is 5.69 Å². The third-order valence-electron chi connectivity index (χ3n) is 3.82. The van der Waals surface area contributed by atoms with Crippen molar-refractivity contribution in [2.45, 2.75) is 38.8 Å². The minimum absolute atomic E-state index is 0.249. The van der Waals surface area contributed by atoms with Crippen LogP contribution in [0.4, 0.5) is 5.69 Å². The fraction of sp³-hybridized carbons (Fsp3) is 0.500. The number of benzene rings is 1. The smallest absolute Gasteiger partial charge is 0.182 e. The van der Waals surface area contributed by atoms with Gasteiger partial charge in [0.1, 0.15) is 0 Å². The van der Waals surface area contributed by atoms with Crippen LogP contribution < -0.4 is 5.73 Å². The van der Waals surface area contributed by atoms with Crippen LogP contribution in [0.2, 0.25) is 0 Å². The Kier molecular flexibility index (Phi) is 3.40. The average molecular weight is 273 g/mol. The van der Waals surface area contributed by atoms with Gasteiger partial charge in [-0.15, -0.1) is 5.10 Å². The lowest BCUT2D eigenvalue weighted by atomic mass is 10.0. The highest BCUT2D eigenvalue weighted by atomic mass is 16.5. The van der Waals surface area contributed by atoms with Gasteiger partial charge >= 0.3 is 0 Å². The number of aryl methyl sites for hydroxylation is 1. The number of hydrogen-bond donors (Lipinski definition) is 1. The second kappa shape index (κ2) is 5.20. The SMILES string of the molecule is Cc1cc(-c2nnnn2C2CCOC(C)C2)ccc1N. The first-order valence-electron chi connectivity index (χ1n) is 6.91. The van der Waals surface area contributed by atoms with Crippen molar-refractivity contribution < 1.29 is 4.74 Å². The summed E-state index contributed by atoms with van der Waals surface area (Å²) in [6.07, 6.45) is 2.13. The van der Waals surface area contributed by atoms with Crippen LogP contribution in [0.1, 0.15) is 31.4 Å². The minimum atomic E-state index is 0.249. The van der Waals surface area contributed by atoms with Crippen molar-refractivity contribution in [1.82, 2.24) is 20.2 Å². The number of tetrazole rings is 1. The molecule has 1 aromatic heterocycles. The maximum Gasteiger partial charge on any atom is 0.182 e. The summed E-state index contributed by atoms with van der Waals surface area (Å²) in [7, 11) is 0. The molecule has 1 aromatic carbocycles. The van der Waals surface area contributed by atoms with Crippen LogP contribution in [0, 0.1) is 6.92 Å². The van der Waals surface area contributed by atoms with E-state index in [1.54, 1.807) is 0 Å². The molecule has 0 spiro atoms. The molecule has 0 saturated carbocycles. The van der Waals surface area contributed by atoms with Crippen LogP contribution in [0.5, 0.6) is 0 Å². The number of hydrogen-bond acceptors (Lipinski definition) is 5. The monoisotopic (exact) mass is 273 g/mol. The summed E-state index contributed by atoms with van der Waals surface area (Å²) < 4.78 is 7.51. The number of ether oxygens (including phenoxy) is 1. The molecule has 0 aliphatic carbocycles. The van der Waals surface area contributed by atoms with Gasteiger partial charge in [-0.3, -0.25) is 0 Å². The molecule has 2 atom stereocenters. The number of nitrogens with two attached hydrogens (primary N) is 1. The quantitative estimate of drug-likeness (QED) is 0.846. The molecule has 1 fully saturated rings. The Morgan fingerprint density at radius 3 is 3.00 bits per heavy atom. The largest absolute Gasteiger partial charge is 0.399 e. The van der Waals surface area contributed by atoms with Gasteiger partial charge < -0.3 is 10.5 Å². The van der Waals surface area contributed by atoms with Crippen LogP contribution in [-0.2, 0) is 4.74 Å². The summed E-state index contributed by atoms with van der Waals surface area (Å²) >= 11 is 0. The molecule has 0 radical (unpaired) electrons. The van der Waals surface area contributed by atoms with Crippen molar-refractivity contribution in [3.8, 4) is 11.4 Å². The molecule has 20 heavy (non-hydrogen) atoms. The number of anilines is 1. The Bertz CT molecular complexity index is 609. The van der Waals surface area contributed by atoms with Gasteiger partial charge in [0, 0.05) is 17.9 Å². The van der Waals surface area contributed by atoms with Crippen molar-refractivity contribution in [1.29, 1.82) is 0 Å². The molecule has 0 amide bonds. The van der Waals surface area contributed by atoms with E-state index in [4.69, 9.17) is 10.5 Å². The second-order valence-corrected chi connectivity index (χ2v) is 5.38. The van der Waals surface area contributed by atoms with Gasteiger partial charge in [0.2, 0.25) is 0 Å². The predicted molar refractivity (Wildman–Crippen MR) is 76.1 cm³/mol. The van der Waals surface area contributed by atoms with E-state index in [0.717, 1.165) is 42.1 Å². The Balaban J connectivity index is 1.95. The summed E-state index contributed by atoms with van der Waals surface area (Å²) in [5.41, 5.74) is 8.69. The predicted octanol–water partition coefficient (Wildman–Crippen LogP) is 1.97.